The molecule has 0 saturated carbocycles. The summed E-state index contributed by atoms with van der Waals surface area (Å²) in [5.41, 5.74) is -0.135. The van der Waals surface area contributed by atoms with E-state index in [-0.39, 0.29) is 23.3 Å². The lowest BCUT2D eigenvalue weighted by Gasteiger charge is -2.46. The monoisotopic (exact) mass is 512 g/mol. The van der Waals surface area contributed by atoms with Gasteiger partial charge in [-0.05, 0) is 13.8 Å². The molecular weight excluding hydrogens is 484 g/mol. The normalized spacial score (nSPS) is 30.8. The Morgan fingerprint density at radius 3 is 2.41 bits per heavy atom. The van der Waals surface area contributed by atoms with Gasteiger partial charge in [0.15, 0.2) is 0 Å². The molecule has 4 aliphatic rings. The minimum absolute atomic E-state index is 0.0624. The molecule has 0 aliphatic carbocycles. The summed E-state index contributed by atoms with van der Waals surface area (Å²) in [5.74, 6) is -1.82. The van der Waals surface area contributed by atoms with Crippen molar-refractivity contribution in [1.29, 1.82) is 0 Å². The highest BCUT2D eigenvalue weighted by Gasteiger charge is 2.60. The molecule has 4 rings (SSSR count). The van der Waals surface area contributed by atoms with E-state index >= 15 is 0 Å². The molecule has 1 unspecified atom stereocenters. The summed E-state index contributed by atoms with van der Waals surface area (Å²) < 4.78 is 0. The van der Waals surface area contributed by atoms with Crippen molar-refractivity contribution in [3.8, 4) is 0 Å². The number of imide groups is 1. The molecular formula is C21H28N4O7S2. The number of aliphatic hydroxyl groups excluding tert-OH is 1. The maximum absolute atomic E-state index is 13.0. The van der Waals surface area contributed by atoms with E-state index in [1.54, 1.807) is 23.6 Å². The van der Waals surface area contributed by atoms with Crippen LogP contribution in [0.4, 0.5) is 4.79 Å². The van der Waals surface area contributed by atoms with Gasteiger partial charge in [-0.3, -0.25) is 19.3 Å². The van der Waals surface area contributed by atoms with Crippen molar-refractivity contribution in [3.05, 3.63) is 10.6 Å². The van der Waals surface area contributed by atoms with Gasteiger partial charge in [-0.15, -0.1) is 11.8 Å². The highest BCUT2D eigenvalue weighted by atomic mass is 32.2. The number of urea groups is 1. The van der Waals surface area contributed by atoms with Gasteiger partial charge in [0.2, 0.25) is 11.8 Å². The number of carbonyl (C=O) groups is 5. The SMILES string of the molecule is CC(C(=O)N1CCSCC1)N1C(=O)N[C@@H](CSC2=C(C(=O)O)N3C(=O)[C@H]([C@@H](C)O)[C@H]3[C@H]2C)C1=O. The molecule has 4 heterocycles. The molecule has 0 aromatic rings. The molecule has 11 nitrogen and oxygen atoms in total. The van der Waals surface area contributed by atoms with E-state index in [1.807, 2.05) is 0 Å². The zero-order valence-electron chi connectivity index (χ0n) is 19.1. The largest absolute Gasteiger partial charge is 0.477 e. The molecule has 6 atom stereocenters. The summed E-state index contributed by atoms with van der Waals surface area (Å²) in [4.78, 5) is 67.0. The Balaban J connectivity index is 1.45. The molecule has 34 heavy (non-hydrogen) atoms. The predicted octanol–water partition coefficient (Wildman–Crippen LogP) is -0.242. The number of aliphatic hydroxyl groups is 1. The molecule has 13 heteroatoms. The molecule has 0 aromatic carbocycles. The van der Waals surface area contributed by atoms with E-state index in [9.17, 15) is 34.2 Å². The molecule has 3 saturated heterocycles. The molecule has 0 radical (unpaired) electrons. The number of rotatable bonds is 7. The van der Waals surface area contributed by atoms with Gasteiger partial charge in [0, 0.05) is 41.2 Å². The lowest BCUT2D eigenvalue weighted by atomic mass is 9.79. The van der Waals surface area contributed by atoms with Gasteiger partial charge in [-0.1, -0.05) is 6.92 Å². The quantitative estimate of drug-likeness (QED) is 0.310. The topological polar surface area (TPSA) is 148 Å². The third-order valence-electron chi connectivity index (χ3n) is 6.84. The van der Waals surface area contributed by atoms with Crippen molar-refractivity contribution in [3.63, 3.8) is 0 Å². The van der Waals surface area contributed by atoms with Crippen LogP contribution in [0.25, 0.3) is 0 Å². The fraction of sp³-hybridized carbons (Fsp3) is 0.667. The van der Waals surface area contributed by atoms with Crippen molar-refractivity contribution >= 4 is 53.2 Å². The zero-order valence-corrected chi connectivity index (χ0v) is 20.7. The van der Waals surface area contributed by atoms with E-state index in [2.05, 4.69) is 5.32 Å². The lowest BCUT2D eigenvalue weighted by Crippen LogP contribution is -2.63. The van der Waals surface area contributed by atoms with Crippen LogP contribution in [0, 0.1) is 11.8 Å². The molecule has 0 bridgehead atoms. The van der Waals surface area contributed by atoms with Crippen LogP contribution in [0.15, 0.2) is 10.6 Å². The molecule has 4 aliphatic heterocycles. The minimum Gasteiger partial charge on any atom is -0.477 e. The third kappa shape index (κ3) is 3.97. The highest BCUT2D eigenvalue weighted by Crippen LogP contribution is 2.50. The number of hydrogen-bond donors (Lipinski definition) is 3. The number of thioether (sulfide) groups is 2. The Bertz CT molecular complexity index is 965. The average Bonchev–Trinajstić information content (AvgIpc) is 3.21. The minimum atomic E-state index is -1.25. The van der Waals surface area contributed by atoms with E-state index in [0.717, 1.165) is 28.2 Å². The number of amides is 5. The maximum atomic E-state index is 13.0. The van der Waals surface area contributed by atoms with Crippen molar-refractivity contribution < 1.29 is 34.2 Å². The smallest absolute Gasteiger partial charge is 0.353 e. The first-order valence-corrected chi connectivity index (χ1v) is 13.3. The Morgan fingerprint density at radius 2 is 1.82 bits per heavy atom. The van der Waals surface area contributed by atoms with Gasteiger partial charge >= 0.3 is 12.0 Å². The Labute approximate surface area is 205 Å². The molecule has 186 valence electrons. The third-order valence-corrected chi connectivity index (χ3v) is 9.15. The molecule has 0 aromatic heterocycles. The average molecular weight is 513 g/mol. The Kier molecular flexibility index (Phi) is 6.89. The summed E-state index contributed by atoms with van der Waals surface area (Å²) >= 11 is 2.86. The number of fused-ring (bicyclic) bond motifs is 1. The van der Waals surface area contributed by atoms with Gasteiger partial charge in [0.05, 0.1) is 18.1 Å². The second-order valence-corrected chi connectivity index (χ2v) is 11.2. The van der Waals surface area contributed by atoms with Crippen LogP contribution in [-0.2, 0) is 19.2 Å². The van der Waals surface area contributed by atoms with E-state index in [1.165, 1.54) is 18.7 Å². The van der Waals surface area contributed by atoms with Crippen molar-refractivity contribution in [2.45, 2.75) is 45.0 Å². The Hall–Kier alpha value is -2.25. The van der Waals surface area contributed by atoms with Crippen LogP contribution < -0.4 is 5.32 Å². The molecule has 3 N–H and O–H groups in total. The molecule has 3 fully saturated rings. The van der Waals surface area contributed by atoms with Gasteiger partial charge in [0.25, 0.3) is 5.91 Å². The number of hydrogen-bond acceptors (Lipinski definition) is 8. The van der Waals surface area contributed by atoms with E-state index in [4.69, 9.17) is 0 Å². The highest BCUT2D eigenvalue weighted by molar-refractivity contribution is 8.03. The van der Waals surface area contributed by atoms with Crippen molar-refractivity contribution in [1.82, 2.24) is 20.0 Å². The number of carbonyl (C=O) groups excluding carboxylic acids is 4. The molecule has 5 amide bonds. The summed E-state index contributed by atoms with van der Waals surface area (Å²) in [6.07, 6.45) is -0.905. The summed E-state index contributed by atoms with van der Waals surface area (Å²) in [6.45, 7) is 5.98. The summed E-state index contributed by atoms with van der Waals surface area (Å²) in [6, 6.07) is -2.96. The predicted molar refractivity (Wildman–Crippen MR) is 125 cm³/mol. The lowest BCUT2D eigenvalue weighted by molar-refractivity contribution is -0.163. The summed E-state index contributed by atoms with van der Waals surface area (Å²) in [7, 11) is 0. The van der Waals surface area contributed by atoms with Crippen LogP contribution in [0.3, 0.4) is 0 Å². The Morgan fingerprint density at radius 1 is 1.18 bits per heavy atom. The number of nitrogens with one attached hydrogen (secondary N) is 1. The standard InChI is InChI=1S/C21H28N4O7S2/c1-9-14-13(11(3)26)19(29)25(14)15(20(30)31)16(9)34-8-12-18(28)24(21(32)22-12)10(2)17(27)23-4-6-33-7-5-23/h9-14,26H,4-8H2,1-3H3,(H,22,32)(H,30,31)/t9-,10?,11-,12+,13-,14-/m1/s1. The van der Waals surface area contributed by atoms with Crippen LogP contribution in [0.1, 0.15) is 20.8 Å². The fourth-order valence-corrected chi connectivity index (χ4v) is 7.27. The fourth-order valence-electron chi connectivity index (χ4n) is 5.07. The first-order valence-electron chi connectivity index (χ1n) is 11.2. The van der Waals surface area contributed by atoms with E-state index in [0.29, 0.717) is 18.0 Å². The van der Waals surface area contributed by atoms with Crippen molar-refractivity contribution in [2.75, 3.05) is 30.3 Å². The first-order chi connectivity index (χ1) is 16.1. The van der Waals surface area contributed by atoms with Crippen molar-refractivity contribution in [2.24, 2.45) is 11.8 Å². The number of nitrogens with zero attached hydrogens (tertiary/aromatic N) is 3. The zero-order chi connectivity index (χ0) is 24.9. The van der Waals surface area contributed by atoms with Gasteiger partial charge in [-0.25, -0.2) is 9.59 Å². The van der Waals surface area contributed by atoms with Gasteiger partial charge in [0.1, 0.15) is 17.8 Å². The molecule has 0 spiro atoms. The van der Waals surface area contributed by atoms with Gasteiger partial charge in [-0.2, -0.15) is 11.8 Å². The van der Waals surface area contributed by atoms with Crippen LogP contribution >= 0.6 is 23.5 Å². The van der Waals surface area contributed by atoms with Crippen LogP contribution in [0.5, 0.6) is 0 Å². The van der Waals surface area contributed by atoms with Gasteiger partial charge < -0.3 is 25.3 Å². The van der Waals surface area contributed by atoms with Crippen LogP contribution in [-0.4, -0.2) is 109 Å². The second kappa shape index (κ2) is 9.42. The summed E-state index contributed by atoms with van der Waals surface area (Å²) in [5, 5.41) is 22.3. The number of aliphatic carboxylic acids is 1. The van der Waals surface area contributed by atoms with E-state index < -0.39 is 54.0 Å². The number of carboxylic acids is 1. The maximum Gasteiger partial charge on any atom is 0.353 e. The number of β-lactam (4-membered cyclic amide) rings is 1. The van der Waals surface area contributed by atoms with Crippen LogP contribution in [0.2, 0.25) is 0 Å². The first kappa shape index (κ1) is 24.9. The second-order valence-electron chi connectivity index (χ2n) is 8.91. The number of carboxylic acid groups (broad SMARTS) is 1.